The van der Waals surface area contributed by atoms with Gasteiger partial charge in [-0.15, -0.1) is 32.9 Å². The standard InChI is InChI=1S/C43H45N7O5S2/c1-23(2)38(42(54)50-19-30(51)15-33(50)40(53)45-24(3)26-9-11-27(12-10-26)39-25(4)44-22-56-39)35-16-37(48-55-35)49-20-43(21-49)17-29(18-43)36-14-28-13-32(46-47-41(28)57-36)31-7-5-6-8-34(31)52/h5-14,16,22-24,29-30,33,38,51-52H,15,17-21H2,1-4H3,(H,45,53)/t24?,30-,33+,38?/m1/s1. The van der Waals surface area contributed by atoms with Crippen LogP contribution in [0.3, 0.4) is 0 Å². The predicted molar refractivity (Wildman–Crippen MR) is 220 cm³/mol. The monoisotopic (exact) mass is 803 g/mol. The number of carbonyl (C=O) groups excluding carboxylic acids is 2. The number of likely N-dealkylation sites (tertiary alicyclic amines) is 1. The summed E-state index contributed by atoms with van der Waals surface area (Å²) in [6.45, 7) is 9.65. The highest BCUT2D eigenvalue weighted by molar-refractivity contribution is 7.18. The van der Waals surface area contributed by atoms with E-state index in [0.717, 1.165) is 57.8 Å². The first-order valence-corrected chi connectivity index (χ1v) is 21.2. The van der Waals surface area contributed by atoms with Gasteiger partial charge < -0.3 is 29.9 Å². The zero-order valence-corrected chi connectivity index (χ0v) is 33.9. The Morgan fingerprint density at radius 3 is 2.51 bits per heavy atom. The van der Waals surface area contributed by atoms with Crippen LogP contribution in [0.5, 0.6) is 5.75 Å². The first kappa shape index (κ1) is 37.4. The number of hydrogen-bond acceptors (Lipinski definition) is 12. The molecule has 12 nitrogen and oxygen atoms in total. The number of fused-ring (bicyclic) bond motifs is 1. The molecular weight excluding hydrogens is 759 g/mol. The number of anilines is 1. The lowest BCUT2D eigenvalue weighted by Gasteiger charge is -2.59. The number of aromatic hydroxyl groups is 1. The molecule has 1 spiro atoms. The van der Waals surface area contributed by atoms with E-state index >= 15 is 0 Å². The molecule has 3 N–H and O–H groups in total. The molecular formula is C43H45N7O5S2. The molecule has 294 valence electrons. The van der Waals surface area contributed by atoms with E-state index in [1.165, 1.54) is 9.78 Å². The molecule has 0 radical (unpaired) electrons. The van der Waals surface area contributed by atoms with Crippen molar-refractivity contribution in [2.24, 2.45) is 11.3 Å². The number of thiazole rings is 1. The quantitative estimate of drug-likeness (QED) is 0.127. The molecule has 1 saturated carbocycles. The number of phenolic OH excluding ortho intramolecular Hbond substituents is 1. The fraction of sp³-hybridized carbons (Fsp3) is 0.395. The number of thiophene rings is 1. The number of aliphatic hydroxyl groups is 1. The maximum Gasteiger partial charge on any atom is 0.243 e. The summed E-state index contributed by atoms with van der Waals surface area (Å²) in [5.74, 6) is 0.510. The zero-order valence-electron chi connectivity index (χ0n) is 32.3. The molecule has 2 aliphatic heterocycles. The van der Waals surface area contributed by atoms with Crippen LogP contribution in [0.2, 0.25) is 0 Å². The number of nitrogens with one attached hydrogen (secondary N) is 1. The first-order valence-electron chi connectivity index (χ1n) is 19.5. The van der Waals surface area contributed by atoms with Gasteiger partial charge >= 0.3 is 0 Å². The van der Waals surface area contributed by atoms with Gasteiger partial charge in [-0.2, -0.15) is 0 Å². The van der Waals surface area contributed by atoms with E-state index in [-0.39, 0.29) is 47.9 Å². The summed E-state index contributed by atoms with van der Waals surface area (Å²) in [6, 6.07) is 20.3. The minimum atomic E-state index is -0.801. The van der Waals surface area contributed by atoms with Crippen molar-refractivity contribution in [3.05, 3.63) is 94.1 Å². The molecule has 14 heteroatoms. The van der Waals surface area contributed by atoms with Gasteiger partial charge in [-0.25, -0.2) is 4.98 Å². The number of aromatic nitrogens is 4. The number of aryl methyl sites for hydroxylation is 1. The predicted octanol–water partition coefficient (Wildman–Crippen LogP) is 7.45. The largest absolute Gasteiger partial charge is 0.507 e. The molecule has 2 amide bonds. The van der Waals surface area contributed by atoms with Gasteiger partial charge in [0.1, 0.15) is 22.5 Å². The van der Waals surface area contributed by atoms with Gasteiger partial charge in [0.25, 0.3) is 0 Å². The molecule has 57 heavy (non-hydrogen) atoms. The molecule has 2 unspecified atom stereocenters. The topological polar surface area (TPSA) is 158 Å². The molecule has 6 heterocycles. The Balaban J connectivity index is 0.821. The third-order valence-corrected chi connectivity index (χ3v) is 14.2. The van der Waals surface area contributed by atoms with E-state index in [1.54, 1.807) is 34.8 Å². The smallest absolute Gasteiger partial charge is 0.243 e. The number of β-amino-alcohol motifs (C(OH)–C–C–N with tert-alkyl or cyclic N) is 1. The van der Waals surface area contributed by atoms with E-state index in [2.05, 4.69) is 36.6 Å². The molecule has 3 aliphatic rings. The van der Waals surface area contributed by atoms with Crippen LogP contribution in [0.25, 0.3) is 31.9 Å². The van der Waals surface area contributed by atoms with Crippen LogP contribution in [-0.4, -0.2) is 79.0 Å². The lowest BCUT2D eigenvalue weighted by molar-refractivity contribution is -0.141. The normalized spacial score (nSPS) is 20.2. The molecule has 3 fully saturated rings. The maximum atomic E-state index is 14.3. The lowest BCUT2D eigenvalue weighted by Crippen LogP contribution is -2.61. The molecule has 9 rings (SSSR count). The summed E-state index contributed by atoms with van der Waals surface area (Å²) in [6.07, 6.45) is 1.52. The van der Waals surface area contributed by atoms with Crippen LogP contribution in [0.1, 0.15) is 79.8 Å². The van der Waals surface area contributed by atoms with Gasteiger partial charge in [-0.05, 0) is 73.9 Å². The third kappa shape index (κ3) is 6.97. The highest BCUT2D eigenvalue weighted by Crippen LogP contribution is 2.58. The molecule has 2 aromatic carbocycles. The zero-order chi connectivity index (χ0) is 39.6. The van der Waals surface area contributed by atoms with Gasteiger partial charge in [0.15, 0.2) is 11.6 Å². The number of aliphatic hydroxyl groups excluding tert-OH is 1. The van der Waals surface area contributed by atoms with Gasteiger partial charge in [-0.3, -0.25) is 9.59 Å². The summed E-state index contributed by atoms with van der Waals surface area (Å²) in [7, 11) is 0. The van der Waals surface area contributed by atoms with E-state index in [9.17, 15) is 19.8 Å². The Morgan fingerprint density at radius 1 is 1.02 bits per heavy atom. The van der Waals surface area contributed by atoms with Crippen molar-refractivity contribution in [3.63, 3.8) is 0 Å². The van der Waals surface area contributed by atoms with Crippen LogP contribution in [0, 0.1) is 18.3 Å². The van der Waals surface area contributed by atoms with E-state index in [4.69, 9.17) is 4.52 Å². The van der Waals surface area contributed by atoms with Crippen molar-refractivity contribution in [1.82, 2.24) is 30.6 Å². The fourth-order valence-electron chi connectivity index (χ4n) is 8.96. The highest BCUT2D eigenvalue weighted by Gasteiger charge is 2.54. The summed E-state index contributed by atoms with van der Waals surface area (Å²) < 4.78 is 5.87. The molecule has 4 aromatic heterocycles. The Labute approximate surface area is 338 Å². The van der Waals surface area contributed by atoms with E-state index < -0.39 is 18.1 Å². The number of nitrogens with zero attached hydrogens (tertiary/aromatic N) is 6. The summed E-state index contributed by atoms with van der Waals surface area (Å²) in [5.41, 5.74) is 6.39. The number of para-hydroxylation sites is 1. The number of phenols is 1. The van der Waals surface area contributed by atoms with Crippen LogP contribution >= 0.6 is 22.7 Å². The Hall–Kier alpha value is -5.18. The lowest BCUT2D eigenvalue weighted by atomic mass is 9.57. The van der Waals surface area contributed by atoms with Crippen LogP contribution < -0.4 is 10.2 Å². The van der Waals surface area contributed by atoms with Gasteiger partial charge in [0.05, 0.1) is 33.9 Å². The second kappa shape index (κ2) is 14.6. The van der Waals surface area contributed by atoms with Crippen molar-refractivity contribution in [3.8, 4) is 27.4 Å². The van der Waals surface area contributed by atoms with Crippen LogP contribution in [0.15, 0.2) is 76.8 Å². The molecule has 2 saturated heterocycles. The van der Waals surface area contributed by atoms with Crippen LogP contribution in [0.4, 0.5) is 5.82 Å². The minimum absolute atomic E-state index is 0.0817. The second-order valence-electron chi connectivity index (χ2n) is 16.4. The van der Waals surface area contributed by atoms with Gasteiger partial charge in [0, 0.05) is 53.4 Å². The van der Waals surface area contributed by atoms with Crippen molar-refractivity contribution in [1.29, 1.82) is 0 Å². The Kier molecular flexibility index (Phi) is 9.61. The Morgan fingerprint density at radius 2 is 1.79 bits per heavy atom. The highest BCUT2D eigenvalue weighted by atomic mass is 32.1. The fourth-order valence-corrected chi connectivity index (χ4v) is 10.8. The first-order chi connectivity index (χ1) is 27.4. The molecule has 6 aromatic rings. The number of benzene rings is 2. The van der Waals surface area contributed by atoms with Gasteiger partial charge in [-0.1, -0.05) is 55.4 Å². The molecule has 1 aliphatic carbocycles. The third-order valence-electron chi connectivity index (χ3n) is 12.0. The number of carbonyl (C=O) groups is 2. The van der Waals surface area contributed by atoms with Crippen molar-refractivity contribution in [2.75, 3.05) is 24.5 Å². The molecule has 0 bridgehead atoms. The number of rotatable bonds is 10. The second-order valence-corrected chi connectivity index (χ2v) is 18.4. The van der Waals surface area contributed by atoms with Crippen LogP contribution in [-0.2, 0) is 9.59 Å². The summed E-state index contributed by atoms with van der Waals surface area (Å²) in [4.78, 5) is 39.4. The number of amides is 2. The number of hydrogen-bond donors (Lipinski definition) is 3. The average molecular weight is 804 g/mol. The van der Waals surface area contributed by atoms with Crippen molar-refractivity contribution >= 4 is 50.5 Å². The Bertz CT molecular complexity index is 2440. The van der Waals surface area contributed by atoms with E-state index in [0.29, 0.717) is 28.8 Å². The average Bonchev–Trinajstić information content (AvgIpc) is 3.97. The van der Waals surface area contributed by atoms with E-state index in [1.807, 2.05) is 81.7 Å². The minimum Gasteiger partial charge on any atom is -0.507 e. The summed E-state index contributed by atoms with van der Waals surface area (Å²) in [5, 5.41) is 38.4. The SMILES string of the molecule is Cc1ncsc1-c1ccc(C(C)NC(=O)[C@@H]2C[C@@H](O)CN2C(=O)C(c2cc(N3CC4(CC(c5cc6cc(-c7ccccc7O)nnc6s5)C4)C3)no2)C(C)C)cc1. The molecule has 4 atom stereocenters. The maximum absolute atomic E-state index is 14.3. The van der Waals surface area contributed by atoms with Crippen molar-refractivity contribution < 1.29 is 24.3 Å². The van der Waals surface area contributed by atoms with Crippen molar-refractivity contribution in [2.45, 2.75) is 77.0 Å². The summed E-state index contributed by atoms with van der Waals surface area (Å²) >= 11 is 3.29. The van der Waals surface area contributed by atoms with Gasteiger partial charge in [0.2, 0.25) is 11.8 Å².